The van der Waals surface area contributed by atoms with Crippen LogP contribution in [0.15, 0.2) is 30.3 Å². The molecule has 2 unspecified atom stereocenters. The average molecular weight is 464 g/mol. The van der Waals surface area contributed by atoms with Gasteiger partial charge in [0.25, 0.3) is 0 Å². The monoisotopic (exact) mass is 463 g/mol. The van der Waals surface area contributed by atoms with Crippen LogP contribution in [0.5, 0.6) is 5.75 Å². The van der Waals surface area contributed by atoms with Gasteiger partial charge in [-0.3, -0.25) is 4.90 Å². The number of ether oxygens (including phenoxy) is 1. The molecule has 164 valence electrons. The minimum absolute atomic E-state index is 0.0947. The topological polar surface area (TPSA) is 49.8 Å². The number of piperidine rings is 1. The van der Waals surface area contributed by atoms with E-state index in [1.165, 1.54) is 6.07 Å². The van der Waals surface area contributed by atoms with Crippen molar-refractivity contribution in [2.45, 2.75) is 69.2 Å². The molecular formula is C24H24Cl2FNO3. The highest BCUT2D eigenvalue weighted by molar-refractivity contribution is 6.34. The Kier molecular flexibility index (Phi) is 5.61. The first-order valence-electron chi connectivity index (χ1n) is 10.8. The molecule has 4 nitrogen and oxygen atoms in total. The van der Waals surface area contributed by atoms with E-state index in [0.717, 1.165) is 49.7 Å². The van der Waals surface area contributed by atoms with Gasteiger partial charge in [0.1, 0.15) is 17.7 Å². The molecule has 1 N–H and O–H groups in total. The van der Waals surface area contributed by atoms with Crippen LogP contribution < -0.4 is 4.74 Å². The lowest BCUT2D eigenvalue weighted by Crippen LogP contribution is -2.45. The van der Waals surface area contributed by atoms with Crippen molar-refractivity contribution in [2.24, 2.45) is 0 Å². The fraction of sp³-hybridized carbons (Fsp3) is 0.458. The summed E-state index contributed by atoms with van der Waals surface area (Å²) in [5, 5.41) is 10.4. The Morgan fingerprint density at radius 1 is 1.03 bits per heavy atom. The molecule has 2 saturated heterocycles. The van der Waals surface area contributed by atoms with Crippen LogP contribution in [0.3, 0.4) is 0 Å². The SMILES string of the molecule is O=C(O)c1cc(C2CC2)c(CN2C3CCC2CC(Oc2cc(Cl)cc(Cl)c2)C3)cc1F. The summed E-state index contributed by atoms with van der Waals surface area (Å²) in [6.45, 7) is 0.660. The lowest BCUT2D eigenvalue weighted by Gasteiger charge is -2.39. The second-order valence-electron chi connectivity index (χ2n) is 8.98. The Balaban J connectivity index is 1.32. The molecule has 2 aromatic rings. The summed E-state index contributed by atoms with van der Waals surface area (Å²) in [4.78, 5) is 13.8. The highest BCUT2D eigenvalue weighted by atomic mass is 35.5. The average Bonchev–Trinajstić information content (AvgIpc) is 3.48. The molecule has 5 rings (SSSR count). The molecule has 2 atom stereocenters. The molecule has 7 heteroatoms. The second kappa shape index (κ2) is 8.27. The minimum Gasteiger partial charge on any atom is -0.490 e. The molecule has 0 radical (unpaired) electrons. The molecule has 0 amide bonds. The van der Waals surface area contributed by atoms with Crippen LogP contribution >= 0.6 is 23.2 Å². The van der Waals surface area contributed by atoms with E-state index in [1.807, 2.05) is 0 Å². The molecule has 31 heavy (non-hydrogen) atoms. The van der Waals surface area contributed by atoms with Crippen molar-refractivity contribution in [3.8, 4) is 5.75 Å². The Hall–Kier alpha value is -1.82. The van der Waals surface area contributed by atoms with E-state index in [-0.39, 0.29) is 11.7 Å². The van der Waals surface area contributed by atoms with Crippen LogP contribution in [0.2, 0.25) is 10.0 Å². The quantitative estimate of drug-likeness (QED) is 0.547. The molecule has 2 aliphatic heterocycles. The second-order valence-corrected chi connectivity index (χ2v) is 9.86. The van der Waals surface area contributed by atoms with E-state index in [9.17, 15) is 14.3 Å². The summed E-state index contributed by atoms with van der Waals surface area (Å²) in [7, 11) is 0. The van der Waals surface area contributed by atoms with Crippen molar-refractivity contribution in [2.75, 3.05) is 0 Å². The maximum absolute atomic E-state index is 14.5. The first-order chi connectivity index (χ1) is 14.9. The number of carboxylic acids is 1. The van der Waals surface area contributed by atoms with Gasteiger partial charge in [-0.05, 0) is 85.9 Å². The highest BCUT2D eigenvalue weighted by Gasteiger charge is 2.42. The van der Waals surface area contributed by atoms with Gasteiger partial charge in [-0.1, -0.05) is 23.2 Å². The van der Waals surface area contributed by atoms with Gasteiger partial charge in [0.15, 0.2) is 0 Å². The van der Waals surface area contributed by atoms with Crippen molar-refractivity contribution in [3.63, 3.8) is 0 Å². The van der Waals surface area contributed by atoms with Crippen LogP contribution in [-0.2, 0) is 6.54 Å². The largest absolute Gasteiger partial charge is 0.490 e. The van der Waals surface area contributed by atoms with Crippen LogP contribution in [-0.4, -0.2) is 34.2 Å². The first kappa shape index (κ1) is 21.0. The van der Waals surface area contributed by atoms with E-state index in [4.69, 9.17) is 27.9 Å². The first-order valence-corrected chi connectivity index (χ1v) is 11.6. The number of rotatable bonds is 6. The van der Waals surface area contributed by atoms with Crippen LogP contribution in [0, 0.1) is 5.82 Å². The molecule has 1 aliphatic carbocycles. The van der Waals surface area contributed by atoms with E-state index in [0.29, 0.717) is 40.3 Å². The molecule has 3 aliphatic rings. The van der Waals surface area contributed by atoms with E-state index in [1.54, 1.807) is 24.3 Å². The van der Waals surface area contributed by atoms with Gasteiger partial charge in [0.05, 0.1) is 5.56 Å². The Morgan fingerprint density at radius 3 is 2.26 bits per heavy atom. The van der Waals surface area contributed by atoms with Gasteiger partial charge in [0, 0.05) is 28.7 Å². The number of fused-ring (bicyclic) bond motifs is 2. The third-order valence-electron chi connectivity index (χ3n) is 6.81. The lowest BCUT2D eigenvalue weighted by molar-refractivity contribution is 0.0443. The third-order valence-corrected chi connectivity index (χ3v) is 7.25. The van der Waals surface area contributed by atoms with Crippen molar-refractivity contribution in [1.82, 2.24) is 4.90 Å². The summed E-state index contributed by atoms with van der Waals surface area (Å²) in [5.74, 6) is -0.794. The molecule has 0 spiro atoms. The molecule has 3 fully saturated rings. The van der Waals surface area contributed by atoms with Crippen molar-refractivity contribution < 1.29 is 19.0 Å². The third kappa shape index (κ3) is 4.41. The van der Waals surface area contributed by atoms with Crippen LogP contribution in [0.1, 0.15) is 65.9 Å². The fourth-order valence-corrected chi connectivity index (χ4v) is 5.78. The van der Waals surface area contributed by atoms with Gasteiger partial charge in [-0.15, -0.1) is 0 Å². The van der Waals surface area contributed by atoms with Gasteiger partial charge < -0.3 is 9.84 Å². The number of nitrogens with zero attached hydrogens (tertiary/aromatic N) is 1. The maximum atomic E-state index is 14.5. The number of carboxylic acid groups (broad SMARTS) is 1. The van der Waals surface area contributed by atoms with Gasteiger partial charge in [-0.25, -0.2) is 9.18 Å². The smallest absolute Gasteiger partial charge is 0.338 e. The summed E-state index contributed by atoms with van der Waals surface area (Å²) >= 11 is 12.2. The summed E-state index contributed by atoms with van der Waals surface area (Å²) in [6.07, 6.45) is 6.16. The highest BCUT2D eigenvalue weighted by Crippen LogP contribution is 2.44. The minimum atomic E-state index is -1.20. The molecule has 2 bridgehead atoms. The number of aromatic carboxylic acids is 1. The van der Waals surface area contributed by atoms with E-state index >= 15 is 0 Å². The zero-order valence-electron chi connectivity index (χ0n) is 17.0. The molecule has 1 saturated carbocycles. The van der Waals surface area contributed by atoms with E-state index < -0.39 is 11.8 Å². The Labute approximate surface area is 190 Å². The number of benzene rings is 2. The zero-order chi connectivity index (χ0) is 21.7. The Bertz CT molecular complexity index is 992. The van der Waals surface area contributed by atoms with Gasteiger partial charge >= 0.3 is 5.97 Å². The predicted molar refractivity (Wildman–Crippen MR) is 118 cm³/mol. The van der Waals surface area contributed by atoms with Crippen molar-refractivity contribution in [1.29, 1.82) is 0 Å². The summed E-state index contributed by atoms with van der Waals surface area (Å²) in [5.41, 5.74) is 1.72. The molecular weight excluding hydrogens is 440 g/mol. The van der Waals surface area contributed by atoms with Gasteiger partial charge in [0.2, 0.25) is 0 Å². The molecule has 2 aromatic carbocycles. The summed E-state index contributed by atoms with van der Waals surface area (Å²) < 4.78 is 20.7. The van der Waals surface area contributed by atoms with Crippen LogP contribution in [0.4, 0.5) is 4.39 Å². The molecule has 2 heterocycles. The van der Waals surface area contributed by atoms with Gasteiger partial charge in [-0.2, -0.15) is 0 Å². The lowest BCUT2D eigenvalue weighted by atomic mass is 9.95. The van der Waals surface area contributed by atoms with Crippen molar-refractivity contribution >= 4 is 29.2 Å². The van der Waals surface area contributed by atoms with E-state index in [2.05, 4.69) is 4.90 Å². The predicted octanol–water partition coefficient (Wildman–Crippen LogP) is 6.28. The standard InChI is InChI=1S/C24H24Cl2FNO3/c25-15-6-16(26)8-19(7-15)31-20-9-17-3-4-18(10-20)28(17)12-14-5-23(27)22(24(29)30)11-21(14)13-1-2-13/h5-8,11,13,17-18,20H,1-4,9-10,12H2,(H,29,30). The number of halogens is 3. The number of hydrogen-bond donors (Lipinski definition) is 1. The normalized spacial score (nSPS) is 25.6. The van der Waals surface area contributed by atoms with Crippen LogP contribution in [0.25, 0.3) is 0 Å². The molecule has 0 aromatic heterocycles. The maximum Gasteiger partial charge on any atom is 0.338 e. The Morgan fingerprint density at radius 2 is 1.68 bits per heavy atom. The van der Waals surface area contributed by atoms with Crippen molar-refractivity contribution in [3.05, 3.63) is 62.9 Å². The number of hydrogen-bond acceptors (Lipinski definition) is 3. The fourth-order valence-electron chi connectivity index (χ4n) is 5.27. The zero-order valence-corrected chi connectivity index (χ0v) is 18.5. The summed E-state index contributed by atoms with van der Waals surface area (Å²) in [6, 6.07) is 9.01. The number of carbonyl (C=O) groups is 1.